The topological polar surface area (TPSA) is 67.4 Å². The SMILES string of the molecule is CCCCB1OC2C(O1)C1C(CCl)=CC2n2c(=O)n(C)c(=O)n21. The molecule has 4 aliphatic rings. The van der Waals surface area contributed by atoms with Gasteiger partial charge in [0.25, 0.3) is 0 Å². The Balaban J connectivity index is 1.78. The minimum absolute atomic E-state index is 0.242. The molecule has 2 bridgehead atoms. The van der Waals surface area contributed by atoms with Crippen molar-refractivity contribution >= 4 is 18.7 Å². The lowest BCUT2D eigenvalue weighted by atomic mass is 9.83. The molecule has 7 nitrogen and oxygen atoms in total. The van der Waals surface area contributed by atoms with Crippen LogP contribution in [-0.2, 0) is 16.4 Å². The van der Waals surface area contributed by atoms with Crippen molar-refractivity contribution in [3.8, 4) is 0 Å². The number of nitrogens with zero attached hydrogens (tertiary/aromatic N) is 3. The third kappa shape index (κ3) is 1.98. The van der Waals surface area contributed by atoms with E-state index in [-0.39, 0.29) is 42.8 Å². The molecule has 9 heteroatoms. The molecule has 4 atom stereocenters. The van der Waals surface area contributed by atoms with E-state index in [2.05, 4.69) is 6.92 Å². The van der Waals surface area contributed by atoms with Crippen LogP contribution in [-0.4, -0.2) is 39.1 Å². The molecule has 1 fully saturated rings. The van der Waals surface area contributed by atoms with Crippen LogP contribution in [0.3, 0.4) is 0 Å². The van der Waals surface area contributed by atoms with Crippen molar-refractivity contribution in [2.24, 2.45) is 7.05 Å². The van der Waals surface area contributed by atoms with Crippen molar-refractivity contribution in [3.63, 3.8) is 0 Å². The molecular formula is C14H19BClN3O4. The van der Waals surface area contributed by atoms with Gasteiger partial charge in [0.2, 0.25) is 0 Å². The lowest BCUT2D eigenvalue weighted by Crippen LogP contribution is -2.55. The van der Waals surface area contributed by atoms with E-state index in [4.69, 9.17) is 20.9 Å². The molecule has 5 rings (SSSR count). The Labute approximate surface area is 138 Å². The third-order valence-corrected chi connectivity index (χ3v) is 5.35. The highest BCUT2D eigenvalue weighted by molar-refractivity contribution is 6.45. The summed E-state index contributed by atoms with van der Waals surface area (Å²) in [6.07, 6.45) is 4.36. The summed E-state index contributed by atoms with van der Waals surface area (Å²) in [7, 11) is 1.21. The standard InChI is InChI=1S/C14H19BClN3O4/c1-3-4-5-15-22-11-9-6-8(7-16)10(12(11)23-15)19-14(21)17(2)13(20)18(9)19/h6,9-12H,3-5,7H2,1-2H3. The molecule has 0 amide bonds. The van der Waals surface area contributed by atoms with Crippen LogP contribution >= 0.6 is 11.6 Å². The number of hydrogen-bond donors (Lipinski definition) is 0. The molecule has 1 saturated heterocycles. The number of unbranched alkanes of at least 4 members (excludes halogenated alkanes) is 1. The second kappa shape index (κ2) is 5.39. The minimum atomic E-state index is -0.365. The molecule has 0 spiro atoms. The summed E-state index contributed by atoms with van der Waals surface area (Å²) >= 11 is 6.08. The quantitative estimate of drug-likeness (QED) is 0.460. The summed E-state index contributed by atoms with van der Waals surface area (Å²) < 4.78 is 16.3. The summed E-state index contributed by atoms with van der Waals surface area (Å²) in [6, 6.07) is -0.706. The average Bonchev–Trinajstić information content (AvgIpc) is 3.10. The lowest BCUT2D eigenvalue weighted by molar-refractivity contribution is 0.0216. The molecule has 0 aromatic carbocycles. The van der Waals surface area contributed by atoms with Gasteiger partial charge in [0, 0.05) is 12.9 Å². The maximum Gasteiger partial charge on any atom is 0.457 e. The van der Waals surface area contributed by atoms with Crippen LogP contribution in [0, 0.1) is 0 Å². The van der Waals surface area contributed by atoms with Gasteiger partial charge in [0.05, 0.1) is 12.2 Å². The first-order valence-corrected chi connectivity index (χ1v) is 8.59. The largest absolute Gasteiger partial charge is 0.457 e. The Morgan fingerprint density at radius 2 is 1.91 bits per heavy atom. The highest BCUT2D eigenvalue weighted by Gasteiger charge is 2.56. The van der Waals surface area contributed by atoms with Gasteiger partial charge >= 0.3 is 18.5 Å². The molecule has 1 aromatic heterocycles. The predicted octanol–water partition coefficient (Wildman–Crippen LogP) is 0.695. The molecule has 124 valence electrons. The van der Waals surface area contributed by atoms with Gasteiger partial charge in [-0.15, -0.1) is 11.6 Å². The number of halogens is 1. The smallest absolute Gasteiger partial charge is 0.403 e. The fourth-order valence-electron chi connectivity index (χ4n) is 3.92. The Hall–Kier alpha value is -1.25. The fraction of sp³-hybridized carbons (Fsp3) is 0.714. The Morgan fingerprint density at radius 3 is 2.61 bits per heavy atom. The lowest BCUT2D eigenvalue weighted by Gasteiger charge is -2.44. The van der Waals surface area contributed by atoms with Gasteiger partial charge in [-0.25, -0.2) is 23.5 Å². The first-order valence-electron chi connectivity index (χ1n) is 8.06. The van der Waals surface area contributed by atoms with E-state index in [1.165, 1.54) is 16.4 Å². The summed E-state index contributed by atoms with van der Waals surface area (Å²) in [6.45, 7) is 2.12. The van der Waals surface area contributed by atoms with Crippen molar-refractivity contribution in [3.05, 3.63) is 32.6 Å². The molecule has 4 unspecified atom stereocenters. The van der Waals surface area contributed by atoms with E-state index in [1.807, 2.05) is 6.08 Å². The summed E-state index contributed by atoms with van der Waals surface area (Å²) in [5, 5.41) is 0. The van der Waals surface area contributed by atoms with Gasteiger partial charge < -0.3 is 9.31 Å². The molecule has 1 aliphatic carbocycles. The summed E-state index contributed by atoms with van der Waals surface area (Å²) in [5.41, 5.74) is 0.263. The van der Waals surface area contributed by atoms with E-state index in [1.54, 1.807) is 0 Å². The molecule has 1 aromatic rings. The summed E-state index contributed by atoms with van der Waals surface area (Å²) in [4.78, 5) is 24.9. The van der Waals surface area contributed by atoms with Crippen LogP contribution in [0.15, 0.2) is 21.2 Å². The van der Waals surface area contributed by atoms with E-state index in [9.17, 15) is 9.59 Å². The van der Waals surface area contributed by atoms with Gasteiger partial charge in [0.15, 0.2) is 0 Å². The Morgan fingerprint density at radius 1 is 1.22 bits per heavy atom. The van der Waals surface area contributed by atoms with E-state index in [0.29, 0.717) is 5.88 Å². The minimum Gasteiger partial charge on any atom is -0.403 e. The average molecular weight is 340 g/mol. The second-order valence-corrected chi connectivity index (χ2v) is 6.66. The zero-order chi connectivity index (χ0) is 16.3. The van der Waals surface area contributed by atoms with E-state index in [0.717, 1.165) is 29.3 Å². The highest BCUT2D eigenvalue weighted by atomic mass is 35.5. The molecule has 4 heterocycles. The monoisotopic (exact) mass is 339 g/mol. The van der Waals surface area contributed by atoms with Gasteiger partial charge in [-0.3, -0.25) is 0 Å². The first-order chi connectivity index (χ1) is 11.1. The van der Waals surface area contributed by atoms with Gasteiger partial charge in [-0.2, -0.15) is 0 Å². The molecule has 0 N–H and O–H groups in total. The Kier molecular flexibility index (Phi) is 3.59. The number of alkyl halides is 1. The van der Waals surface area contributed by atoms with Crippen LogP contribution in [0.4, 0.5) is 0 Å². The van der Waals surface area contributed by atoms with E-state index >= 15 is 0 Å². The van der Waals surface area contributed by atoms with Crippen molar-refractivity contribution in [1.82, 2.24) is 13.9 Å². The first kappa shape index (κ1) is 15.3. The number of rotatable bonds is 4. The fourth-order valence-corrected chi connectivity index (χ4v) is 4.17. The summed E-state index contributed by atoms with van der Waals surface area (Å²) in [5.74, 6) is 0.308. The maximum atomic E-state index is 12.5. The molecule has 3 aliphatic heterocycles. The van der Waals surface area contributed by atoms with Crippen molar-refractivity contribution in [1.29, 1.82) is 0 Å². The number of aromatic nitrogens is 3. The van der Waals surface area contributed by atoms with E-state index < -0.39 is 0 Å². The normalized spacial score (nSPS) is 31.3. The Bertz CT molecular complexity index is 782. The van der Waals surface area contributed by atoms with Gasteiger partial charge in [0.1, 0.15) is 12.1 Å². The molecular weight excluding hydrogens is 320 g/mol. The number of hydrogen-bond acceptors (Lipinski definition) is 4. The van der Waals surface area contributed by atoms with Gasteiger partial charge in [-0.1, -0.05) is 25.8 Å². The van der Waals surface area contributed by atoms with Gasteiger partial charge in [-0.05, 0) is 11.9 Å². The van der Waals surface area contributed by atoms with Crippen molar-refractivity contribution in [2.45, 2.75) is 50.4 Å². The van der Waals surface area contributed by atoms with Crippen LogP contribution in [0.5, 0.6) is 0 Å². The zero-order valence-corrected chi connectivity index (χ0v) is 13.9. The molecule has 0 radical (unpaired) electrons. The zero-order valence-electron chi connectivity index (χ0n) is 13.1. The van der Waals surface area contributed by atoms with Crippen LogP contribution in [0.1, 0.15) is 31.8 Å². The van der Waals surface area contributed by atoms with Crippen molar-refractivity contribution in [2.75, 3.05) is 5.88 Å². The highest BCUT2D eigenvalue weighted by Crippen LogP contribution is 2.46. The predicted molar refractivity (Wildman–Crippen MR) is 86.0 cm³/mol. The van der Waals surface area contributed by atoms with Crippen molar-refractivity contribution < 1.29 is 9.31 Å². The maximum absolute atomic E-state index is 12.5. The third-order valence-electron chi connectivity index (χ3n) is 5.05. The molecule has 23 heavy (non-hydrogen) atoms. The second-order valence-electron chi connectivity index (χ2n) is 6.40. The van der Waals surface area contributed by atoms with Crippen LogP contribution in [0.2, 0.25) is 6.32 Å². The van der Waals surface area contributed by atoms with Crippen LogP contribution < -0.4 is 11.4 Å². The molecule has 0 saturated carbocycles. The van der Waals surface area contributed by atoms with Crippen LogP contribution in [0.25, 0.3) is 0 Å².